The summed E-state index contributed by atoms with van der Waals surface area (Å²) in [6, 6.07) is 5.11. The molecule has 2 heterocycles. The van der Waals surface area contributed by atoms with Crippen LogP contribution in [0.5, 0.6) is 0 Å². The summed E-state index contributed by atoms with van der Waals surface area (Å²) >= 11 is 1.42. The monoisotopic (exact) mass is 350 g/mol. The van der Waals surface area contributed by atoms with Crippen molar-refractivity contribution in [2.45, 2.75) is 29.7 Å². The van der Waals surface area contributed by atoms with Crippen molar-refractivity contribution in [3.8, 4) is 0 Å². The van der Waals surface area contributed by atoms with Crippen molar-refractivity contribution in [3.05, 3.63) is 23.8 Å². The van der Waals surface area contributed by atoms with Gasteiger partial charge in [0.2, 0.25) is 5.91 Å². The van der Waals surface area contributed by atoms with E-state index in [1.54, 1.807) is 18.2 Å². The summed E-state index contributed by atoms with van der Waals surface area (Å²) in [5, 5.41) is 14.8. The molecule has 0 bridgehead atoms. The number of anilines is 1. The average Bonchev–Trinajstić information content (AvgIpc) is 2.54. The maximum absolute atomic E-state index is 12.6. The fourth-order valence-electron chi connectivity index (χ4n) is 2.93. The Bertz CT molecular complexity index is 685. The predicted octanol–water partition coefficient (Wildman–Crippen LogP) is 1.48. The zero-order valence-corrected chi connectivity index (χ0v) is 13.8. The predicted molar refractivity (Wildman–Crippen MR) is 88.3 cm³/mol. The van der Waals surface area contributed by atoms with Crippen molar-refractivity contribution in [1.29, 1.82) is 0 Å². The number of rotatable bonds is 4. The Labute approximate surface area is 143 Å². The number of carboxylic acids is 1. The van der Waals surface area contributed by atoms with Crippen LogP contribution in [0.15, 0.2) is 23.1 Å². The molecule has 1 saturated heterocycles. The van der Waals surface area contributed by atoms with Crippen LogP contribution in [0.4, 0.5) is 5.69 Å². The topological polar surface area (TPSA) is 105 Å². The number of carbonyl (C=O) groups excluding carboxylic acids is 2. The first-order valence-electron chi connectivity index (χ1n) is 7.66. The minimum Gasteiger partial charge on any atom is -0.481 e. The van der Waals surface area contributed by atoms with E-state index in [2.05, 4.69) is 10.6 Å². The van der Waals surface area contributed by atoms with E-state index in [1.807, 2.05) is 0 Å². The fraction of sp³-hybridized carbons (Fsp3) is 0.438. The van der Waals surface area contributed by atoms with Crippen molar-refractivity contribution in [2.75, 3.05) is 24.3 Å². The van der Waals surface area contributed by atoms with Gasteiger partial charge in [-0.1, -0.05) is 0 Å². The molecule has 0 unspecified atom stereocenters. The number of amides is 2. The molecule has 1 aromatic carbocycles. The number of ether oxygens (including phenoxy) is 1. The summed E-state index contributed by atoms with van der Waals surface area (Å²) in [5.74, 6) is -1.03. The van der Waals surface area contributed by atoms with Crippen LogP contribution in [0.3, 0.4) is 0 Å². The second-order valence-electron chi connectivity index (χ2n) is 5.97. The number of nitrogens with one attached hydrogen (secondary N) is 2. The minimum atomic E-state index is -0.952. The molecule has 0 radical (unpaired) electrons. The number of fused-ring (bicyclic) bond motifs is 1. The molecule has 0 spiro atoms. The highest BCUT2D eigenvalue weighted by atomic mass is 32.2. The molecule has 0 saturated carbocycles. The lowest BCUT2D eigenvalue weighted by Crippen LogP contribution is -2.53. The molecule has 7 nitrogen and oxygen atoms in total. The molecule has 2 aliphatic rings. The minimum absolute atomic E-state index is 0.100. The molecule has 1 aromatic rings. The molecule has 128 valence electrons. The van der Waals surface area contributed by atoms with E-state index in [0.717, 1.165) is 4.90 Å². The van der Waals surface area contributed by atoms with E-state index in [-0.39, 0.29) is 18.2 Å². The van der Waals surface area contributed by atoms with Crippen LogP contribution >= 0.6 is 11.8 Å². The standard InChI is InChI=1S/C16H18N2O5S/c19-13-9-24-12-2-1-10(7-11(12)17-13)15(22)18-16(8-14(20)21)3-5-23-6-4-16/h1-2,7H,3-6,8-9H2,(H,17,19)(H,18,22)(H,20,21). The third kappa shape index (κ3) is 3.70. The van der Waals surface area contributed by atoms with Gasteiger partial charge in [0.25, 0.3) is 5.91 Å². The quantitative estimate of drug-likeness (QED) is 0.760. The van der Waals surface area contributed by atoms with Gasteiger partial charge in [-0.3, -0.25) is 14.4 Å². The zero-order chi connectivity index (χ0) is 17.2. The number of aliphatic carboxylic acids is 1. The van der Waals surface area contributed by atoms with Gasteiger partial charge in [-0.15, -0.1) is 11.8 Å². The maximum Gasteiger partial charge on any atom is 0.305 e. The fourth-order valence-corrected chi connectivity index (χ4v) is 3.72. The lowest BCUT2D eigenvalue weighted by atomic mass is 9.86. The Morgan fingerprint density at radius 2 is 2.08 bits per heavy atom. The van der Waals surface area contributed by atoms with Gasteiger partial charge in [0.1, 0.15) is 0 Å². The normalized spacial score (nSPS) is 19.1. The summed E-state index contributed by atoms with van der Waals surface area (Å²) in [5.41, 5.74) is 0.214. The number of carboxylic acid groups (broad SMARTS) is 1. The van der Waals surface area contributed by atoms with Gasteiger partial charge >= 0.3 is 5.97 Å². The number of hydrogen-bond acceptors (Lipinski definition) is 5. The van der Waals surface area contributed by atoms with Crippen LogP contribution in [0.1, 0.15) is 29.6 Å². The second-order valence-corrected chi connectivity index (χ2v) is 6.98. The first kappa shape index (κ1) is 16.8. The molecule has 24 heavy (non-hydrogen) atoms. The highest BCUT2D eigenvalue weighted by Gasteiger charge is 2.36. The van der Waals surface area contributed by atoms with Crippen LogP contribution in [0, 0.1) is 0 Å². The Morgan fingerprint density at radius 3 is 2.79 bits per heavy atom. The third-order valence-electron chi connectivity index (χ3n) is 4.19. The van der Waals surface area contributed by atoms with Crippen molar-refractivity contribution >= 4 is 35.2 Å². The molecule has 2 amide bonds. The molecule has 8 heteroatoms. The van der Waals surface area contributed by atoms with Gasteiger partial charge < -0.3 is 20.5 Å². The SMILES string of the molecule is O=C(O)CC1(NC(=O)c2ccc3c(c2)NC(=O)CS3)CCOCC1. The average molecular weight is 350 g/mol. The summed E-state index contributed by atoms with van der Waals surface area (Å²) < 4.78 is 5.29. The van der Waals surface area contributed by atoms with Gasteiger partial charge in [-0.2, -0.15) is 0 Å². The molecular weight excluding hydrogens is 332 g/mol. The molecule has 0 aromatic heterocycles. The summed E-state index contributed by atoms with van der Waals surface area (Å²) in [6.45, 7) is 0.842. The maximum atomic E-state index is 12.6. The lowest BCUT2D eigenvalue weighted by Gasteiger charge is -2.36. The molecular formula is C16H18N2O5S. The molecule has 1 fully saturated rings. The van der Waals surface area contributed by atoms with Gasteiger partial charge in [0.15, 0.2) is 0 Å². The van der Waals surface area contributed by atoms with Crippen LogP contribution in [0.25, 0.3) is 0 Å². The number of hydrogen-bond donors (Lipinski definition) is 3. The van der Waals surface area contributed by atoms with Gasteiger partial charge in [0.05, 0.1) is 23.4 Å². The van der Waals surface area contributed by atoms with Crippen molar-refractivity contribution in [2.24, 2.45) is 0 Å². The van der Waals surface area contributed by atoms with E-state index in [1.165, 1.54) is 11.8 Å². The first-order valence-corrected chi connectivity index (χ1v) is 8.65. The van der Waals surface area contributed by atoms with E-state index in [0.29, 0.717) is 43.1 Å². The number of thioether (sulfide) groups is 1. The van der Waals surface area contributed by atoms with Gasteiger partial charge in [0, 0.05) is 23.7 Å². The summed E-state index contributed by atoms with van der Waals surface area (Å²) in [4.78, 5) is 36.2. The smallest absolute Gasteiger partial charge is 0.305 e. The molecule has 0 atom stereocenters. The number of carbonyl (C=O) groups is 3. The number of benzene rings is 1. The van der Waals surface area contributed by atoms with E-state index >= 15 is 0 Å². The summed E-state index contributed by atoms with van der Waals surface area (Å²) in [6.07, 6.45) is 0.783. The Hall–Kier alpha value is -2.06. The van der Waals surface area contributed by atoms with E-state index < -0.39 is 11.5 Å². The van der Waals surface area contributed by atoms with Crippen LogP contribution in [-0.2, 0) is 14.3 Å². The highest BCUT2D eigenvalue weighted by molar-refractivity contribution is 8.00. The molecule has 0 aliphatic carbocycles. The third-order valence-corrected chi connectivity index (χ3v) is 5.27. The van der Waals surface area contributed by atoms with Gasteiger partial charge in [-0.25, -0.2) is 0 Å². The molecule has 3 rings (SSSR count). The Morgan fingerprint density at radius 1 is 1.33 bits per heavy atom. The van der Waals surface area contributed by atoms with E-state index in [9.17, 15) is 14.4 Å². The zero-order valence-electron chi connectivity index (χ0n) is 13.0. The largest absolute Gasteiger partial charge is 0.481 e. The lowest BCUT2D eigenvalue weighted by molar-refractivity contribution is -0.139. The summed E-state index contributed by atoms with van der Waals surface area (Å²) in [7, 11) is 0. The highest BCUT2D eigenvalue weighted by Crippen LogP contribution is 2.32. The van der Waals surface area contributed by atoms with Crippen LogP contribution in [0.2, 0.25) is 0 Å². The second kappa shape index (κ2) is 6.82. The van der Waals surface area contributed by atoms with Crippen molar-refractivity contribution in [1.82, 2.24) is 5.32 Å². The Kier molecular flexibility index (Phi) is 4.77. The Balaban J connectivity index is 1.79. The van der Waals surface area contributed by atoms with Gasteiger partial charge in [-0.05, 0) is 31.0 Å². The van der Waals surface area contributed by atoms with Crippen molar-refractivity contribution in [3.63, 3.8) is 0 Å². The van der Waals surface area contributed by atoms with Crippen LogP contribution in [-0.4, -0.2) is 47.4 Å². The van der Waals surface area contributed by atoms with E-state index in [4.69, 9.17) is 9.84 Å². The molecule has 3 N–H and O–H groups in total. The first-order chi connectivity index (χ1) is 11.5. The van der Waals surface area contributed by atoms with Crippen molar-refractivity contribution < 1.29 is 24.2 Å². The molecule has 2 aliphatic heterocycles. The van der Waals surface area contributed by atoms with Crippen LogP contribution < -0.4 is 10.6 Å².